The number of carbonyl (C=O) groups excluding carboxylic acids is 3. The van der Waals surface area contributed by atoms with Gasteiger partial charge in [0.05, 0.1) is 13.2 Å². The molecule has 2 N–H and O–H groups in total. The van der Waals surface area contributed by atoms with Gasteiger partial charge in [-0.05, 0) is 47.1 Å². The molecule has 0 bridgehead atoms. The van der Waals surface area contributed by atoms with Crippen LogP contribution in [0, 0.1) is 5.92 Å². The van der Waals surface area contributed by atoms with Crippen molar-refractivity contribution in [2.24, 2.45) is 5.92 Å². The summed E-state index contributed by atoms with van der Waals surface area (Å²) < 4.78 is 5.21. The number of nitrogens with zero attached hydrogens (tertiary/aromatic N) is 1. The second kappa shape index (κ2) is 9.49. The Labute approximate surface area is 201 Å². The van der Waals surface area contributed by atoms with Crippen molar-refractivity contribution in [1.82, 2.24) is 15.5 Å². The first-order chi connectivity index (χ1) is 15.9. The summed E-state index contributed by atoms with van der Waals surface area (Å²) in [4.78, 5) is 39.8. The van der Waals surface area contributed by atoms with Crippen LogP contribution >= 0.6 is 0 Å². The number of methoxy groups -OCH3 is 1. The van der Waals surface area contributed by atoms with Gasteiger partial charge in [0.25, 0.3) is 5.91 Å². The van der Waals surface area contributed by atoms with Crippen LogP contribution in [0.1, 0.15) is 64.3 Å². The largest absolute Gasteiger partial charge is 0.497 e. The van der Waals surface area contributed by atoms with Gasteiger partial charge in [0, 0.05) is 0 Å². The Bertz CT molecular complexity index is 1050. The van der Waals surface area contributed by atoms with E-state index in [-0.39, 0.29) is 23.9 Å². The minimum Gasteiger partial charge on any atom is -0.497 e. The van der Waals surface area contributed by atoms with Gasteiger partial charge >= 0.3 is 6.03 Å². The Hall–Kier alpha value is -3.35. The number of hydrogen-bond acceptors (Lipinski definition) is 4. The first-order valence-corrected chi connectivity index (χ1v) is 11.5. The molecule has 7 nitrogen and oxygen atoms in total. The lowest BCUT2D eigenvalue weighted by Crippen LogP contribution is -2.44. The standard InChI is InChI=1S/C27H35N3O4/c1-17(2)23(18-8-14-21(34-7)15-9-18)28-22(31)16-30-24(32)27(6,29-25(30)33)20-12-10-19(11-13-20)26(3,4)5/h8-15,17,23H,16H2,1-7H3,(H,28,31)(H,29,33). The quantitative estimate of drug-likeness (QED) is 0.598. The van der Waals surface area contributed by atoms with Crippen molar-refractivity contribution >= 4 is 17.8 Å². The SMILES string of the molecule is COc1ccc(C(NC(=O)CN2C(=O)NC(C)(c3ccc(C(C)(C)C)cc3)C2=O)C(C)C)cc1. The van der Waals surface area contributed by atoms with Crippen molar-refractivity contribution in [3.8, 4) is 5.75 Å². The van der Waals surface area contributed by atoms with Gasteiger partial charge in [-0.1, -0.05) is 71.0 Å². The maximum absolute atomic E-state index is 13.3. The van der Waals surface area contributed by atoms with E-state index in [0.717, 1.165) is 21.8 Å². The van der Waals surface area contributed by atoms with Crippen molar-refractivity contribution in [2.75, 3.05) is 13.7 Å². The Morgan fingerprint density at radius 1 is 1.06 bits per heavy atom. The zero-order chi connectivity index (χ0) is 25.3. The van der Waals surface area contributed by atoms with Crippen molar-refractivity contribution < 1.29 is 19.1 Å². The van der Waals surface area contributed by atoms with Gasteiger partial charge in [0.1, 0.15) is 17.8 Å². The summed E-state index contributed by atoms with van der Waals surface area (Å²) in [7, 11) is 1.60. The molecule has 34 heavy (non-hydrogen) atoms. The fourth-order valence-corrected chi connectivity index (χ4v) is 4.15. The van der Waals surface area contributed by atoms with Crippen molar-refractivity contribution in [3.05, 3.63) is 65.2 Å². The lowest BCUT2D eigenvalue weighted by molar-refractivity contribution is -0.135. The molecule has 0 radical (unpaired) electrons. The van der Waals surface area contributed by atoms with E-state index < -0.39 is 23.4 Å². The highest BCUT2D eigenvalue weighted by Crippen LogP contribution is 2.31. The molecule has 1 saturated heterocycles. The third-order valence-corrected chi connectivity index (χ3v) is 6.36. The van der Waals surface area contributed by atoms with Gasteiger partial charge in [0.2, 0.25) is 5.91 Å². The molecule has 2 unspecified atom stereocenters. The molecular formula is C27H35N3O4. The van der Waals surface area contributed by atoms with Crippen LogP contribution in [0.25, 0.3) is 0 Å². The van der Waals surface area contributed by atoms with Gasteiger partial charge in [-0.25, -0.2) is 4.79 Å². The summed E-state index contributed by atoms with van der Waals surface area (Å²) in [5, 5.41) is 5.75. The summed E-state index contributed by atoms with van der Waals surface area (Å²) in [6.07, 6.45) is 0. The lowest BCUT2D eigenvalue weighted by Gasteiger charge is -2.25. The maximum Gasteiger partial charge on any atom is 0.325 e. The summed E-state index contributed by atoms with van der Waals surface area (Å²) in [5.74, 6) is -0.00849. The highest BCUT2D eigenvalue weighted by molar-refractivity contribution is 6.09. The summed E-state index contributed by atoms with van der Waals surface area (Å²) in [6.45, 7) is 11.7. The van der Waals surface area contributed by atoms with E-state index >= 15 is 0 Å². The van der Waals surface area contributed by atoms with Crippen LogP contribution < -0.4 is 15.4 Å². The maximum atomic E-state index is 13.3. The van der Waals surface area contributed by atoms with Gasteiger partial charge in [-0.2, -0.15) is 0 Å². The number of imide groups is 1. The Morgan fingerprint density at radius 3 is 2.15 bits per heavy atom. The van der Waals surface area contributed by atoms with Gasteiger partial charge < -0.3 is 15.4 Å². The number of ether oxygens (including phenoxy) is 1. The monoisotopic (exact) mass is 465 g/mol. The average Bonchev–Trinajstić information content (AvgIpc) is 3.00. The number of carbonyl (C=O) groups is 3. The Morgan fingerprint density at radius 2 is 1.65 bits per heavy atom. The van der Waals surface area contributed by atoms with Crippen LogP contribution in [0.3, 0.4) is 0 Å². The molecule has 1 aliphatic rings. The summed E-state index contributed by atoms with van der Waals surface area (Å²) >= 11 is 0. The summed E-state index contributed by atoms with van der Waals surface area (Å²) in [6, 6.07) is 14.3. The Balaban J connectivity index is 1.74. The minimum absolute atomic E-state index is 0.0245. The highest BCUT2D eigenvalue weighted by atomic mass is 16.5. The van der Waals surface area contributed by atoms with E-state index in [1.54, 1.807) is 14.0 Å². The minimum atomic E-state index is -1.22. The van der Waals surface area contributed by atoms with E-state index in [0.29, 0.717) is 5.56 Å². The number of urea groups is 1. The molecule has 0 aromatic heterocycles. The Kier molecular flexibility index (Phi) is 7.05. The van der Waals surface area contributed by atoms with Crippen LogP contribution in [0.4, 0.5) is 4.79 Å². The lowest BCUT2D eigenvalue weighted by atomic mass is 9.84. The molecule has 182 valence electrons. The second-order valence-corrected chi connectivity index (χ2v) is 10.3. The number of hydrogen-bond donors (Lipinski definition) is 2. The molecule has 2 atom stereocenters. The molecule has 0 spiro atoms. The second-order valence-electron chi connectivity index (χ2n) is 10.3. The fraction of sp³-hybridized carbons (Fsp3) is 0.444. The van der Waals surface area contributed by atoms with Crippen LogP contribution in [-0.2, 0) is 20.5 Å². The smallest absolute Gasteiger partial charge is 0.325 e. The predicted molar refractivity (Wildman–Crippen MR) is 131 cm³/mol. The molecular weight excluding hydrogens is 430 g/mol. The highest BCUT2D eigenvalue weighted by Gasteiger charge is 2.49. The summed E-state index contributed by atoms with van der Waals surface area (Å²) in [5.41, 5.74) is 1.49. The third-order valence-electron chi connectivity index (χ3n) is 6.36. The third kappa shape index (κ3) is 5.08. The molecule has 3 rings (SSSR count). The molecule has 4 amide bonds. The molecule has 2 aromatic carbocycles. The van der Waals surface area contributed by atoms with E-state index in [2.05, 4.69) is 31.4 Å². The predicted octanol–water partition coefficient (Wildman–Crippen LogP) is 4.27. The van der Waals surface area contributed by atoms with Crippen LogP contribution in [-0.4, -0.2) is 36.4 Å². The van der Waals surface area contributed by atoms with Gasteiger partial charge in [-0.15, -0.1) is 0 Å². The van der Waals surface area contributed by atoms with E-state index in [4.69, 9.17) is 4.74 Å². The number of amides is 4. The van der Waals surface area contributed by atoms with E-state index in [1.807, 2.05) is 62.4 Å². The average molecular weight is 466 g/mol. The van der Waals surface area contributed by atoms with Crippen LogP contribution in [0.15, 0.2) is 48.5 Å². The van der Waals surface area contributed by atoms with E-state index in [1.165, 1.54) is 0 Å². The van der Waals surface area contributed by atoms with E-state index in [9.17, 15) is 14.4 Å². The van der Waals surface area contributed by atoms with Crippen LogP contribution in [0.2, 0.25) is 0 Å². The van der Waals surface area contributed by atoms with Crippen molar-refractivity contribution in [2.45, 2.75) is 58.5 Å². The van der Waals surface area contributed by atoms with Crippen molar-refractivity contribution in [1.29, 1.82) is 0 Å². The number of benzene rings is 2. The van der Waals surface area contributed by atoms with Gasteiger partial charge in [0.15, 0.2) is 0 Å². The first kappa shape index (κ1) is 25.3. The topological polar surface area (TPSA) is 87.7 Å². The normalized spacial score (nSPS) is 19.2. The molecule has 0 saturated carbocycles. The first-order valence-electron chi connectivity index (χ1n) is 11.5. The van der Waals surface area contributed by atoms with Gasteiger partial charge in [-0.3, -0.25) is 14.5 Å². The fourth-order valence-electron chi connectivity index (χ4n) is 4.15. The number of nitrogens with one attached hydrogen (secondary N) is 2. The zero-order valence-electron chi connectivity index (χ0n) is 21.1. The molecule has 1 aliphatic heterocycles. The molecule has 2 aromatic rings. The van der Waals surface area contributed by atoms with Crippen LogP contribution in [0.5, 0.6) is 5.75 Å². The zero-order valence-corrected chi connectivity index (χ0v) is 21.1. The number of rotatable bonds is 7. The van der Waals surface area contributed by atoms with Crippen molar-refractivity contribution in [3.63, 3.8) is 0 Å². The molecule has 1 heterocycles. The molecule has 0 aliphatic carbocycles. The molecule has 7 heteroatoms. The molecule has 1 fully saturated rings.